The average Bonchev–Trinajstić information content (AvgIpc) is 2.76. The summed E-state index contributed by atoms with van der Waals surface area (Å²) < 4.78 is 41.2. The van der Waals surface area contributed by atoms with Gasteiger partial charge in [-0.25, -0.2) is 17.6 Å². The van der Waals surface area contributed by atoms with Gasteiger partial charge in [0.1, 0.15) is 11.6 Å². The number of nitrogen functional groups attached to an aromatic ring is 1. The molecule has 1 atom stereocenters. The first-order chi connectivity index (χ1) is 15.7. The quantitative estimate of drug-likeness (QED) is 0.490. The molecule has 4 rings (SSSR count). The molecule has 1 aliphatic heterocycles. The number of piperazine rings is 1. The van der Waals surface area contributed by atoms with Crippen molar-refractivity contribution in [1.82, 2.24) is 19.2 Å². The number of halogens is 1. The monoisotopic (exact) mass is 473 g/mol. The number of nitrogens with zero attached hydrogens (tertiary/aromatic N) is 2. The van der Waals surface area contributed by atoms with Gasteiger partial charge in [0.2, 0.25) is 10.0 Å². The lowest BCUT2D eigenvalue weighted by molar-refractivity contribution is 0.155. The molecule has 0 aliphatic carbocycles. The third-order valence-corrected chi connectivity index (χ3v) is 7.52. The van der Waals surface area contributed by atoms with Crippen LogP contribution in [0.1, 0.15) is 22.7 Å². The van der Waals surface area contributed by atoms with Crippen LogP contribution in [0.2, 0.25) is 0 Å². The van der Waals surface area contributed by atoms with Crippen LogP contribution in [0.25, 0.3) is 0 Å². The SMILES string of the molecule is Nc1[nH]c(=O)[nH]c(=O)c1[C@H](c1cccc(F)c1)N1CCN(S(=O)(=O)Cc2ccccc2)CC1. The highest BCUT2D eigenvalue weighted by molar-refractivity contribution is 7.88. The Morgan fingerprint density at radius 1 is 0.970 bits per heavy atom. The van der Waals surface area contributed by atoms with Crippen LogP contribution in [0.5, 0.6) is 0 Å². The first kappa shape index (κ1) is 22.9. The minimum atomic E-state index is -3.54. The van der Waals surface area contributed by atoms with E-state index in [0.717, 1.165) is 0 Å². The van der Waals surface area contributed by atoms with Crippen LogP contribution in [-0.2, 0) is 15.8 Å². The second-order valence-electron chi connectivity index (χ2n) is 7.87. The van der Waals surface area contributed by atoms with Crippen LogP contribution in [-0.4, -0.2) is 53.8 Å². The smallest absolute Gasteiger partial charge is 0.327 e. The van der Waals surface area contributed by atoms with Crippen molar-refractivity contribution in [3.8, 4) is 0 Å². The zero-order valence-corrected chi connectivity index (χ0v) is 18.5. The van der Waals surface area contributed by atoms with Gasteiger partial charge in [-0.05, 0) is 23.3 Å². The zero-order chi connectivity index (χ0) is 23.6. The van der Waals surface area contributed by atoms with Crippen molar-refractivity contribution < 1.29 is 12.8 Å². The Balaban J connectivity index is 1.61. The zero-order valence-electron chi connectivity index (χ0n) is 17.7. The van der Waals surface area contributed by atoms with Gasteiger partial charge in [0.05, 0.1) is 17.4 Å². The van der Waals surface area contributed by atoms with Crippen molar-refractivity contribution in [2.24, 2.45) is 0 Å². The maximum atomic E-state index is 14.0. The summed E-state index contributed by atoms with van der Waals surface area (Å²) in [5.41, 5.74) is 5.82. The highest BCUT2D eigenvalue weighted by atomic mass is 32.2. The molecule has 11 heteroatoms. The van der Waals surface area contributed by atoms with Gasteiger partial charge in [-0.1, -0.05) is 42.5 Å². The number of rotatable bonds is 6. The maximum Gasteiger partial charge on any atom is 0.327 e. The Bertz CT molecular complexity index is 1350. The Labute approximate surface area is 189 Å². The molecule has 1 aromatic heterocycles. The van der Waals surface area contributed by atoms with E-state index in [1.807, 2.05) is 11.0 Å². The van der Waals surface area contributed by atoms with Crippen molar-refractivity contribution in [1.29, 1.82) is 0 Å². The molecule has 0 unspecified atom stereocenters. The summed E-state index contributed by atoms with van der Waals surface area (Å²) in [5, 5.41) is 0. The third-order valence-electron chi connectivity index (χ3n) is 5.67. The highest BCUT2D eigenvalue weighted by Crippen LogP contribution is 2.30. The van der Waals surface area contributed by atoms with Gasteiger partial charge in [0.25, 0.3) is 5.56 Å². The number of H-pyrrole nitrogens is 2. The lowest BCUT2D eigenvalue weighted by Crippen LogP contribution is -2.51. The Morgan fingerprint density at radius 3 is 2.30 bits per heavy atom. The van der Waals surface area contributed by atoms with E-state index in [1.165, 1.54) is 22.5 Å². The van der Waals surface area contributed by atoms with E-state index < -0.39 is 33.1 Å². The van der Waals surface area contributed by atoms with E-state index in [9.17, 15) is 22.4 Å². The Hall–Kier alpha value is -3.28. The summed E-state index contributed by atoms with van der Waals surface area (Å²) in [6, 6.07) is 13.9. The van der Waals surface area contributed by atoms with Crippen molar-refractivity contribution in [3.63, 3.8) is 0 Å². The molecule has 9 nitrogen and oxygen atoms in total. The van der Waals surface area contributed by atoms with E-state index in [1.54, 1.807) is 30.3 Å². The highest BCUT2D eigenvalue weighted by Gasteiger charge is 2.33. The number of benzene rings is 2. The van der Waals surface area contributed by atoms with E-state index in [0.29, 0.717) is 11.1 Å². The number of hydrogen-bond acceptors (Lipinski definition) is 6. The summed E-state index contributed by atoms with van der Waals surface area (Å²) in [5.74, 6) is -0.702. The number of aromatic nitrogens is 2. The maximum absolute atomic E-state index is 14.0. The molecule has 2 aromatic carbocycles. The second kappa shape index (κ2) is 9.30. The van der Waals surface area contributed by atoms with Crippen molar-refractivity contribution in [2.75, 3.05) is 31.9 Å². The molecule has 1 saturated heterocycles. The lowest BCUT2D eigenvalue weighted by Gasteiger charge is -2.39. The summed E-state index contributed by atoms with van der Waals surface area (Å²) in [7, 11) is -3.54. The molecule has 4 N–H and O–H groups in total. The van der Waals surface area contributed by atoms with Gasteiger partial charge in [-0.2, -0.15) is 4.31 Å². The number of aromatic amines is 2. The Morgan fingerprint density at radius 2 is 1.67 bits per heavy atom. The third kappa shape index (κ3) is 5.05. The predicted octanol–water partition coefficient (Wildman–Crippen LogP) is 1.02. The van der Waals surface area contributed by atoms with Crippen LogP contribution < -0.4 is 17.0 Å². The molecule has 0 radical (unpaired) electrons. The summed E-state index contributed by atoms with van der Waals surface area (Å²) in [6.45, 7) is 0.963. The van der Waals surface area contributed by atoms with Crippen molar-refractivity contribution >= 4 is 15.8 Å². The van der Waals surface area contributed by atoms with Gasteiger partial charge in [-0.3, -0.25) is 19.7 Å². The first-order valence-electron chi connectivity index (χ1n) is 10.4. The molecule has 1 aliphatic rings. The molecule has 0 spiro atoms. The Kier molecular flexibility index (Phi) is 6.45. The van der Waals surface area contributed by atoms with Crippen LogP contribution in [0, 0.1) is 5.82 Å². The van der Waals surface area contributed by atoms with Crippen molar-refractivity contribution in [3.05, 3.63) is 97.9 Å². The average molecular weight is 474 g/mol. The number of nitrogens with one attached hydrogen (secondary N) is 2. The molecule has 1 fully saturated rings. The van der Waals surface area contributed by atoms with E-state index in [-0.39, 0.29) is 43.3 Å². The normalized spacial score (nSPS) is 16.5. The van der Waals surface area contributed by atoms with Crippen LogP contribution >= 0.6 is 0 Å². The molecular formula is C22H24FN5O4S. The second-order valence-corrected chi connectivity index (χ2v) is 9.84. The lowest BCUT2D eigenvalue weighted by atomic mass is 9.97. The first-order valence-corrected chi connectivity index (χ1v) is 12.0. The number of nitrogens with two attached hydrogens (primary N) is 1. The van der Waals surface area contributed by atoms with E-state index in [2.05, 4.69) is 9.97 Å². The summed E-state index contributed by atoms with van der Waals surface area (Å²) in [4.78, 5) is 30.7. The molecule has 0 bridgehead atoms. The molecule has 174 valence electrons. The number of sulfonamides is 1. The van der Waals surface area contributed by atoms with E-state index >= 15 is 0 Å². The minimum absolute atomic E-state index is 0.0841. The minimum Gasteiger partial charge on any atom is -0.385 e. The molecule has 0 amide bonds. The predicted molar refractivity (Wildman–Crippen MR) is 123 cm³/mol. The summed E-state index contributed by atoms with van der Waals surface area (Å²) >= 11 is 0. The molecule has 2 heterocycles. The van der Waals surface area contributed by atoms with Gasteiger partial charge in [0, 0.05) is 26.2 Å². The number of anilines is 1. The molecule has 33 heavy (non-hydrogen) atoms. The van der Waals surface area contributed by atoms with Crippen LogP contribution in [0.15, 0.2) is 64.2 Å². The fourth-order valence-corrected chi connectivity index (χ4v) is 5.65. The van der Waals surface area contributed by atoms with Gasteiger partial charge >= 0.3 is 5.69 Å². The van der Waals surface area contributed by atoms with Crippen LogP contribution in [0.3, 0.4) is 0 Å². The van der Waals surface area contributed by atoms with Crippen LogP contribution in [0.4, 0.5) is 10.2 Å². The molecular weight excluding hydrogens is 449 g/mol. The topological polar surface area (TPSA) is 132 Å². The summed E-state index contributed by atoms with van der Waals surface area (Å²) in [6.07, 6.45) is 0. The van der Waals surface area contributed by atoms with Crippen molar-refractivity contribution in [2.45, 2.75) is 11.8 Å². The van der Waals surface area contributed by atoms with Gasteiger partial charge in [-0.15, -0.1) is 0 Å². The molecule has 0 saturated carbocycles. The number of hydrogen-bond donors (Lipinski definition) is 3. The van der Waals surface area contributed by atoms with E-state index in [4.69, 9.17) is 5.73 Å². The standard InChI is InChI=1S/C22H24FN5O4S/c23-17-8-4-7-16(13-17)19(18-20(24)25-22(30)26-21(18)29)27-9-11-28(12-10-27)33(31,32)14-15-5-2-1-3-6-15/h1-8,13,19H,9-12,14H2,(H4,24,25,26,29,30)/t19-/m0/s1. The fourth-order valence-electron chi connectivity index (χ4n) is 4.14. The van der Waals surface area contributed by atoms with Gasteiger partial charge in [0.15, 0.2) is 0 Å². The molecule has 3 aromatic rings. The largest absolute Gasteiger partial charge is 0.385 e. The fraction of sp³-hybridized carbons (Fsp3) is 0.273. The van der Waals surface area contributed by atoms with Gasteiger partial charge < -0.3 is 5.73 Å².